The monoisotopic (exact) mass is 362 g/mol. The van der Waals surface area contributed by atoms with Crippen LogP contribution in [-0.4, -0.2) is 58.5 Å². The Bertz CT molecular complexity index is 693. The van der Waals surface area contributed by atoms with Crippen LogP contribution in [0.25, 0.3) is 0 Å². The molecule has 0 bridgehead atoms. The average Bonchev–Trinajstić information content (AvgIpc) is 2.48. The van der Waals surface area contributed by atoms with E-state index in [0.29, 0.717) is 0 Å². The van der Waals surface area contributed by atoms with Crippen LogP contribution in [-0.2, 0) is 23.0 Å². The van der Waals surface area contributed by atoms with Crippen LogP contribution in [0.3, 0.4) is 0 Å². The van der Waals surface area contributed by atoms with Gasteiger partial charge in [-0.15, -0.1) is 0 Å². The number of aromatic carboxylic acids is 2. The van der Waals surface area contributed by atoms with Crippen molar-refractivity contribution in [3.8, 4) is 0 Å². The molecule has 0 aliphatic carbocycles. The van der Waals surface area contributed by atoms with Crippen molar-refractivity contribution in [2.45, 2.75) is 30.6 Å². The number of carbonyl (C=O) groups is 2. The number of rotatable bonds is 9. The highest BCUT2D eigenvalue weighted by Gasteiger charge is 2.29. The number of aliphatic hydroxyl groups excluding tert-OH is 2. The molecule has 0 radical (unpaired) electrons. The topological polar surface area (TPSA) is 169 Å². The van der Waals surface area contributed by atoms with Gasteiger partial charge in [-0.2, -0.15) is 8.42 Å². The van der Waals surface area contributed by atoms with E-state index < -0.39 is 38.1 Å². The molecule has 0 atom stereocenters. The minimum absolute atomic E-state index is 0.0225. The zero-order chi connectivity index (χ0) is 18.5. The number of benzene rings is 1. The van der Waals surface area contributed by atoms with Gasteiger partial charge >= 0.3 is 11.9 Å². The minimum atomic E-state index is -4.93. The first kappa shape index (κ1) is 20.0. The predicted molar refractivity (Wildman–Crippen MR) is 81.0 cm³/mol. The van der Waals surface area contributed by atoms with Gasteiger partial charge in [-0.1, -0.05) is 0 Å². The quantitative estimate of drug-likeness (QED) is 0.384. The van der Waals surface area contributed by atoms with E-state index in [1.807, 2.05) is 0 Å². The number of carboxylic acids is 2. The summed E-state index contributed by atoms with van der Waals surface area (Å²) in [6, 6.07) is 0.832. The average molecular weight is 362 g/mol. The van der Waals surface area contributed by atoms with E-state index in [4.69, 9.17) is 10.2 Å². The van der Waals surface area contributed by atoms with Crippen LogP contribution < -0.4 is 0 Å². The zero-order valence-electron chi connectivity index (χ0n) is 12.6. The molecule has 0 saturated heterocycles. The molecule has 1 rings (SSSR count). The largest absolute Gasteiger partial charge is 0.478 e. The second-order valence-electron chi connectivity index (χ2n) is 5.00. The van der Waals surface area contributed by atoms with E-state index in [1.54, 1.807) is 0 Å². The number of hydrogen-bond acceptors (Lipinski definition) is 6. The number of hydrogen-bond donors (Lipinski definition) is 5. The van der Waals surface area contributed by atoms with Crippen LogP contribution in [0.15, 0.2) is 11.0 Å². The lowest BCUT2D eigenvalue weighted by molar-refractivity contribution is 0.0694. The van der Waals surface area contributed by atoms with Crippen molar-refractivity contribution in [1.82, 2.24) is 0 Å². The maximum atomic E-state index is 11.8. The van der Waals surface area contributed by atoms with Gasteiger partial charge in [0.2, 0.25) is 0 Å². The third kappa shape index (κ3) is 4.51. The van der Waals surface area contributed by atoms with Crippen LogP contribution in [0, 0.1) is 0 Å². The Morgan fingerprint density at radius 1 is 0.875 bits per heavy atom. The number of carboxylic acid groups (broad SMARTS) is 2. The standard InChI is InChI=1S/C14H18O9S/c15-5-1-3-8-10(13(17)18)7-11(14(19)20)9(4-2-6-16)12(8)24(21,22)23/h7,15-16H,1-6H2,(H,17,18)(H,19,20)(H,21,22,23). The molecular formula is C14H18O9S. The van der Waals surface area contributed by atoms with Crippen LogP contribution in [0.4, 0.5) is 0 Å². The van der Waals surface area contributed by atoms with E-state index in [2.05, 4.69) is 0 Å². The van der Waals surface area contributed by atoms with E-state index in [9.17, 15) is 32.8 Å². The van der Waals surface area contributed by atoms with E-state index in [1.165, 1.54) is 0 Å². The summed E-state index contributed by atoms with van der Waals surface area (Å²) in [4.78, 5) is 22.0. The molecule has 0 fully saturated rings. The Kier molecular flexibility index (Phi) is 6.84. The van der Waals surface area contributed by atoms with Crippen molar-refractivity contribution in [3.05, 3.63) is 28.3 Å². The lowest BCUT2D eigenvalue weighted by atomic mass is 9.93. The molecule has 0 aliphatic heterocycles. The normalized spacial score (nSPS) is 11.5. The summed E-state index contributed by atoms with van der Waals surface area (Å²) in [5.41, 5.74) is -1.67. The molecule has 5 N–H and O–H groups in total. The summed E-state index contributed by atoms with van der Waals surface area (Å²) in [7, 11) is -4.93. The second kappa shape index (κ2) is 8.20. The molecule has 134 valence electrons. The Morgan fingerprint density at radius 2 is 1.25 bits per heavy atom. The Balaban J connectivity index is 3.89. The maximum absolute atomic E-state index is 11.8. The van der Waals surface area contributed by atoms with Crippen molar-refractivity contribution in [2.24, 2.45) is 0 Å². The summed E-state index contributed by atoms with van der Waals surface area (Å²) in [6.45, 7) is -0.701. The summed E-state index contributed by atoms with van der Waals surface area (Å²) >= 11 is 0. The molecule has 24 heavy (non-hydrogen) atoms. The van der Waals surface area contributed by atoms with Gasteiger partial charge in [0, 0.05) is 13.2 Å². The Hall–Kier alpha value is -2.01. The molecule has 0 aromatic heterocycles. The van der Waals surface area contributed by atoms with Gasteiger partial charge < -0.3 is 20.4 Å². The van der Waals surface area contributed by atoms with Gasteiger partial charge in [-0.05, 0) is 42.9 Å². The van der Waals surface area contributed by atoms with E-state index in [-0.39, 0.29) is 50.0 Å². The van der Waals surface area contributed by atoms with Crippen molar-refractivity contribution in [3.63, 3.8) is 0 Å². The van der Waals surface area contributed by atoms with Crippen LogP contribution >= 0.6 is 0 Å². The highest BCUT2D eigenvalue weighted by atomic mass is 32.2. The maximum Gasteiger partial charge on any atom is 0.336 e. The van der Waals surface area contributed by atoms with Crippen molar-refractivity contribution < 1.29 is 43.0 Å². The molecule has 0 spiro atoms. The molecule has 0 unspecified atom stereocenters. The smallest absolute Gasteiger partial charge is 0.336 e. The van der Waals surface area contributed by atoms with Crippen molar-refractivity contribution in [1.29, 1.82) is 0 Å². The van der Waals surface area contributed by atoms with Gasteiger partial charge in [0.05, 0.1) is 11.1 Å². The summed E-state index contributed by atoms with van der Waals surface area (Å²) in [6.07, 6.45) is -0.318. The molecule has 0 heterocycles. The molecule has 10 heteroatoms. The first-order valence-electron chi connectivity index (χ1n) is 6.99. The van der Waals surface area contributed by atoms with E-state index in [0.717, 1.165) is 6.07 Å². The van der Waals surface area contributed by atoms with Crippen LogP contribution in [0.2, 0.25) is 0 Å². The first-order valence-corrected chi connectivity index (χ1v) is 8.43. The van der Waals surface area contributed by atoms with Crippen LogP contribution in [0.5, 0.6) is 0 Å². The highest BCUT2D eigenvalue weighted by molar-refractivity contribution is 7.86. The number of aliphatic hydroxyl groups is 2. The molecule has 0 saturated carbocycles. The molecule has 9 nitrogen and oxygen atoms in total. The predicted octanol–water partition coefficient (Wildman–Crippen LogP) is 0.180. The van der Waals surface area contributed by atoms with Crippen molar-refractivity contribution >= 4 is 22.1 Å². The lowest BCUT2D eigenvalue weighted by Gasteiger charge is -2.17. The SMILES string of the molecule is O=C(O)c1cc(C(=O)O)c(CCCO)c(S(=O)(=O)O)c1CCCO. The zero-order valence-corrected chi connectivity index (χ0v) is 13.4. The molecule has 1 aromatic carbocycles. The minimum Gasteiger partial charge on any atom is -0.478 e. The third-order valence-corrected chi connectivity index (χ3v) is 4.38. The highest BCUT2D eigenvalue weighted by Crippen LogP contribution is 2.30. The van der Waals surface area contributed by atoms with E-state index >= 15 is 0 Å². The fourth-order valence-corrected chi connectivity index (χ4v) is 3.49. The van der Waals surface area contributed by atoms with Gasteiger partial charge in [0.25, 0.3) is 10.1 Å². The first-order chi connectivity index (χ1) is 11.1. The lowest BCUT2D eigenvalue weighted by Crippen LogP contribution is -2.18. The fourth-order valence-electron chi connectivity index (χ4n) is 2.45. The van der Waals surface area contributed by atoms with Gasteiger partial charge in [-0.3, -0.25) is 4.55 Å². The summed E-state index contributed by atoms with van der Waals surface area (Å²) < 4.78 is 33.1. The molecule has 0 aliphatic rings. The Morgan fingerprint density at radius 3 is 1.50 bits per heavy atom. The second-order valence-corrected chi connectivity index (χ2v) is 6.36. The summed E-state index contributed by atoms with van der Waals surface area (Å²) in [5.74, 6) is -3.10. The van der Waals surface area contributed by atoms with Crippen LogP contribution in [0.1, 0.15) is 44.7 Å². The Labute approximate surface area is 137 Å². The summed E-state index contributed by atoms with van der Waals surface area (Å²) in [5, 5.41) is 36.3. The van der Waals surface area contributed by atoms with Crippen molar-refractivity contribution in [2.75, 3.05) is 13.2 Å². The third-order valence-electron chi connectivity index (χ3n) is 3.38. The van der Waals surface area contributed by atoms with Gasteiger partial charge in [0.15, 0.2) is 0 Å². The fraction of sp³-hybridized carbons (Fsp3) is 0.429. The molecule has 0 amide bonds. The molecular weight excluding hydrogens is 344 g/mol. The van der Waals surface area contributed by atoms with Gasteiger partial charge in [-0.25, -0.2) is 9.59 Å². The van der Waals surface area contributed by atoms with Gasteiger partial charge in [0.1, 0.15) is 4.90 Å². The molecule has 1 aromatic rings.